The van der Waals surface area contributed by atoms with Crippen LogP contribution in [0.3, 0.4) is 0 Å². The third-order valence-corrected chi connectivity index (χ3v) is 4.91. The van der Waals surface area contributed by atoms with Gasteiger partial charge in [0, 0.05) is 0 Å². The van der Waals surface area contributed by atoms with Crippen LogP contribution in [0.1, 0.15) is 18.1 Å². The van der Waals surface area contributed by atoms with Crippen molar-refractivity contribution in [1.29, 1.82) is 0 Å². The first-order chi connectivity index (χ1) is 11.5. The molecule has 0 radical (unpaired) electrons. The molecule has 2 aromatic rings. The largest absolute Gasteiger partial charge is 0.497 e. The van der Waals surface area contributed by atoms with Crippen LogP contribution < -0.4 is 9.64 Å². The summed E-state index contributed by atoms with van der Waals surface area (Å²) in [5.74, 6) is 0.431. The van der Waals surface area contributed by atoms with Crippen LogP contribution >= 0.6 is 11.8 Å². The third kappa shape index (κ3) is 2.95. The predicted octanol–water partition coefficient (Wildman–Crippen LogP) is 4.63. The van der Waals surface area contributed by atoms with Gasteiger partial charge in [0.05, 0.1) is 17.7 Å². The molecule has 3 rings (SSSR count). The lowest BCUT2D eigenvalue weighted by atomic mass is 10.1. The van der Waals surface area contributed by atoms with Crippen molar-refractivity contribution in [2.24, 2.45) is 0 Å². The Balaban J connectivity index is 2.01. The molecule has 0 unspecified atom stereocenters. The van der Waals surface area contributed by atoms with Crippen molar-refractivity contribution in [1.82, 2.24) is 0 Å². The molecular formula is C19H17NO3S. The summed E-state index contributed by atoms with van der Waals surface area (Å²) in [7, 11) is 1.60. The summed E-state index contributed by atoms with van der Waals surface area (Å²) in [6.45, 7) is 3.78. The SMILES string of the molecule is COc1cccc(/C(C)=C2\SC(=O)N(c3cccc(C)c3)C2=O)c1. The zero-order valence-corrected chi connectivity index (χ0v) is 14.5. The summed E-state index contributed by atoms with van der Waals surface area (Å²) in [6, 6.07) is 14.8. The van der Waals surface area contributed by atoms with Gasteiger partial charge in [-0.2, -0.15) is 0 Å². The van der Waals surface area contributed by atoms with Crippen molar-refractivity contribution in [2.75, 3.05) is 12.0 Å². The van der Waals surface area contributed by atoms with Crippen molar-refractivity contribution >= 4 is 34.2 Å². The van der Waals surface area contributed by atoms with E-state index in [1.54, 1.807) is 13.2 Å². The lowest BCUT2D eigenvalue weighted by molar-refractivity contribution is -0.113. The third-order valence-electron chi connectivity index (χ3n) is 3.87. The van der Waals surface area contributed by atoms with Gasteiger partial charge in [0.15, 0.2) is 0 Å². The van der Waals surface area contributed by atoms with Crippen LogP contribution in [0.15, 0.2) is 53.4 Å². The first-order valence-electron chi connectivity index (χ1n) is 7.49. The minimum absolute atomic E-state index is 0.275. The smallest absolute Gasteiger partial charge is 0.298 e. The summed E-state index contributed by atoms with van der Waals surface area (Å²) in [6.07, 6.45) is 0. The van der Waals surface area contributed by atoms with E-state index in [2.05, 4.69) is 0 Å². The minimum Gasteiger partial charge on any atom is -0.497 e. The quantitative estimate of drug-likeness (QED) is 0.765. The summed E-state index contributed by atoms with van der Waals surface area (Å²) < 4.78 is 5.23. The van der Waals surface area contributed by atoms with E-state index in [4.69, 9.17) is 4.74 Å². The molecule has 4 nitrogen and oxygen atoms in total. The molecule has 5 heteroatoms. The van der Waals surface area contributed by atoms with E-state index >= 15 is 0 Å². The lowest BCUT2D eigenvalue weighted by Crippen LogP contribution is -2.27. The summed E-state index contributed by atoms with van der Waals surface area (Å²) >= 11 is 0.975. The van der Waals surface area contributed by atoms with Gasteiger partial charge in [0.2, 0.25) is 0 Å². The number of methoxy groups -OCH3 is 1. The number of rotatable bonds is 3. The fraction of sp³-hybridized carbons (Fsp3) is 0.158. The standard InChI is InChI=1S/C19H17NO3S/c1-12-6-4-8-15(10-12)20-18(21)17(24-19(20)22)13(2)14-7-5-9-16(11-14)23-3/h4-11H,1-3H3/b17-13-. The Morgan fingerprint density at radius 1 is 1.08 bits per heavy atom. The number of hydrogen-bond donors (Lipinski definition) is 0. The number of amides is 2. The molecule has 0 spiro atoms. The molecule has 2 amide bonds. The second-order valence-electron chi connectivity index (χ2n) is 5.53. The second kappa shape index (κ2) is 6.53. The summed E-state index contributed by atoms with van der Waals surface area (Å²) in [5.41, 5.74) is 3.24. The monoisotopic (exact) mass is 339 g/mol. The Hall–Kier alpha value is -2.53. The highest BCUT2D eigenvalue weighted by molar-refractivity contribution is 8.19. The zero-order chi connectivity index (χ0) is 17.3. The number of benzene rings is 2. The molecule has 0 aliphatic carbocycles. The number of ether oxygens (including phenoxy) is 1. The fourth-order valence-corrected chi connectivity index (χ4v) is 3.48. The van der Waals surface area contributed by atoms with Crippen LogP contribution in [0, 0.1) is 6.92 Å². The van der Waals surface area contributed by atoms with Crippen LogP contribution in [0.2, 0.25) is 0 Å². The molecule has 2 aromatic carbocycles. The van der Waals surface area contributed by atoms with E-state index in [1.807, 2.05) is 56.3 Å². The number of carbonyl (C=O) groups is 2. The molecule has 1 saturated heterocycles. The first kappa shape index (κ1) is 16.3. The van der Waals surface area contributed by atoms with Crippen LogP contribution in [0.25, 0.3) is 5.57 Å². The molecule has 24 heavy (non-hydrogen) atoms. The van der Waals surface area contributed by atoms with Crippen molar-refractivity contribution in [2.45, 2.75) is 13.8 Å². The Labute approximate surface area is 145 Å². The molecule has 1 aliphatic heterocycles. The van der Waals surface area contributed by atoms with E-state index < -0.39 is 0 Å². The molecule has 122 valence electrons. The van der Waals surface area contributed by atoms with Gasteiger partial charge in [-0.05, 0) is 66.6 Å². The molecule has 0 aromatic heterocycles. The molecule has 0 bridgehead atoms. The van der Waals surface area contributed by atoms with Crippen molar-refractivity contribution in [3.8, 4) is 5.75 Å². The maximum atomic E-state index is 12.8. The van der Waals surface area contributed by atoms with E-state index in [0.717, 1.165) is 28.5 Å². The van der Waals surface area contributed by atoms with Gasteiger partial charge in [0.1, 0.15) is 5.75 Å². The van der Waals surface area contributed by atoms with Gasteiger partial charge in [-0.25, -0.2) is 4.90 Å². The Bertz CT molecular complexity index is 857. The average molecular weight is 339 g/mol. The van der Waals surface area contributed by atoms with E-state index in [0.29, 0.717) is 16.3 Å². The Morgan fingerprint density at radius 3 is 2.54 bits per heavy atom. The lowest BCUT2D eigenvalue weighted by Gasteiger charge is -2.13. The average Bonchev–Trinajstić information content (AvgIpc) is 2.88. The highest BCUT2D eigenvalue weighted by Gasteiger charge is 2.37. The molecule has 0 atom stereocenters. The number of imide groups is 1. The summed E-state index contributed by atoms with van der Waals surface area (Å²) in [5, 5.41) is -0.275. The van der Waals surface area contributed by atoms with E-state index in [-0.39, 0.29) is 11.1 Å². The molecule has 1 heterocycles. The van der Waals surface area contributed by atoms with Gasteiger partial charge in [-0.15, -0.1) is 0 Å². The van der Waals surface area contributed by atoms with E-state index in [9.17, 15) is 9.59 Å². The maximum absolute atomic E-state index is 12.8. The maximum Gasteiger partial charge on any atom is 0.298 e. The van der Waals surface area contributed by atoms with Gasteiger partial charge >= 0.3 is 0 Å². The second-order valence-corrected chi connectivity index (χ2v) is 6.50. The molecule has 1 fully saturated rings. The number of aryl methyl sites for hydroxylation is 1. The van der Waals surface area contributed by atoms with E-state index in [1.165, 1.54) is 4.90 Å². The van der Waals surface area contributed by atoms with Gasteiger partial charge < -0.3 is 4.74 Å². The van der Waals surface area contributed by atoms with Crippen molar-refractivity contribution in [3.63, 3.8) is 0 Å². The van der Waals surface area contributed by atoms with Gasteiger partial charge in [0.25, 0.3) is 11.1 Å². The van der Waals surface area contributed by atoms with Gasteiger partial charge in [-0.3, -0.25) is 9.59 Å². The number of allylic oxidation sites excluding steroid dienone is 1. The van der Waals surface area contributed by atoms with Crippen LogP contribution in [0.4, 0.5) is 10.5 Å². The number of carbonyl (C=O) groups excluding carboxylic acids is 2. The van der Waals surface area contributed by atoms with Crippen LogP contribution in [-0.2, 0) is 4.79 Å². The minimum atomic E-state index is -0.282. The van der Waals surface area contributed by atoms with Gasteiger partial charge in [-0.1, -0.05) is 24.3 Å². The van der Waals surface area contributed by atoms with Crippen molar-refractivity contribution in [3.05, 3.63) is 64.6 Å². The fourth-order valence-electron chi connectivity index (χ4n) is 2.58. The topological polar surface area (TPSA) is 46.6 Å². The predicted molar refractivity (Wildman–Crippen MR) is 97.2 cm³/mol. The number of hydrogen-bond acceptors (Lipinski definition) is 4. The van der Waals surface area contributed by atoms with Crippen LogP contribution in [-0.4, -0.2) is 18.3 Å². The molecule has 0 N–H and O–H groups in total. The molecular weight excluding hydrogens is 322 g/mol. The zero-order valence-electron chi connectivity index (χ0n) is 13.7. The first-order valence-corrected chi connectivity index (χ1v) is 8.31. The highest BCUT2D eigenvalue weighted by Crippen LogP contribution is 2.39. The molecule has 1 aliphatic rings. The Kier molecular flexibility index (Phi) is 4.44. The van der Waals surface area contributed by atoms with Crippen molar-refractivity contribution < 1.29 is 14.3 Å². The highest BCUT2D eigenvalue weighted by atomic mass is 32.2. The molecule has 0 saturated carbocycles. The number of nitrogens with zero attached hydrogens (tertiary/aromatic N) is 1. The number of anilines is 1. The Morgan fingerprint density at radius 2 is 1.83 bits per heavy atom. The summed E-state index contributed by atoms with van der Waals surface area (Å²) in [4.78, 5) is 26.9. The normalized spacial score (nSPS) is 16.5. The van der Waals surface area contributed by atoms with Crippen LogP contribution in [0.5, 0.6) is 5.75 Å². The number of thioether (sulfide) groups is 1.